The summed E-state index contributed by atoms with van der Waals surface area (Å²) in [6, 6.07) is 3.57. The van der Waals surface area contributed by atoms with Crippen molar-refractivity contribution in [2.24, 2.45) is 0 Å². The van der Waals surface area contributed by atoms with Crippen LogP contribution < -0.4 is 4.52 Å². The number of H-pyrrole nitrogens is 1. The third-order valence-corrected chi connectivity index (χ3v) is 5.15. The summed E-state index contributed by atoms with van der Waals surface area (Å²) in [6.45, 7) is 0.686. The summed E-state index contributed by atoms with van der Waals surface area (Å²) in [6.07, 6.45) is 1.48. The van der Waals surface area contributed by atoms with E-state index in [9.17, 15) is 9.46 Å². The van der Waals surface area contributed by atoms with Gasteiger partial charge in [0.1, 0.15) is 13.2 Å². The largest absolute Gasteiger partial charge is 0.527 e. The molecule has 0 aliphatic rings. The summed E-state index contributed by atoms with van der Waals surface area (Å²) in [5.41, 5.74) is 0.703. The number of aromatic nitrogens is 1. The Hall–Kier alpha value is -0.560. The molecule has 1 aromatic carbocycles. The third kappa shape index (κ3) is 4.47. The number of phosphoric ester groups is 1. The highest BCUT2D eigenvalue weighted by atomic mass is 79.9. The van der Waals surface area contributed by atoms with Gasteiger partial charge in [-0.3, -0.25) is 9.42 Å². The zero-order valence-electron chi connectivity index (χ0n) is 12.5. The predicted octanol–water partition coefficient (Wildman–Crippen LogP) is 3.79. The zero-order chi connectivity index (χ0) is 16.5. The lowest BCUT2D eigenvalue weighted by atomic mass is 10.2. The highest BCUT2D eigenvalue weighted by Crippen LogP contribution is 2.47. The van der Waals surface area contributed by atoms with E-state index < -0.39 is 7.82 Å². The van der Waals surface area contributed by atoms with Crippen molar-refractivity contribution in [3.8, 4) is 5.75 Å². The molecule has 2 aromatic rings. The van der Waals surface area contributed by atoms with Crippen molar-refractivity contribution >= 4 is 46.3 Å². The van der Waals surface area contributed by atoms with Crippen molar-refractivity contribution in [3.05, 3.63) is 27.8 Å². The number of fused-ring (bicyclic) bond motifs is 1. The molecule has 0 aliphatic carbocycles. The van der Waals surface area contributed by atoms with Crippen molar-refractivity contribution in [2.75, 3.05) is 34.3 Å². The minimum atomic E-state index is -4.21. The topological polar surface area (TPSA) is 71.6 Å². The summed E-state index contributed by atoms with van der Waals surface area (Å²) >= 11 is 9.52. The minimum Gasteiger partial charge on any atom is -0.402 e. The first-order valence-corrected chi connectivity index (χ1v) is 9.18. The van der Waals surface area contributed by atoms with Crippen LogP contribution in [0, 0.1) is 0 Å². The van der Waals surface area contributed by atoms with E-state index in [1.807, 2.05) is 21.1 Å². The summed E-state index contributed by atoms with van der Waals surface area (Å²) in [5.74, 6) is 0.178. The predicted molar refractivity (Wildman–Crippen MR) is 90.3 cm³/mol. The molecule has 122 valence electrons. The van der Waals surface area contributed by atoms with Crippen LogP contribution in [0.5, 0.6) is 5.75 Å². The van der Waals surface area contributed by atoms with Gasteiger partial charge in [0.15, 0.2) is 5.75 Å². The van der Waals surface area contributed by atoms with Crippen molar-refractivity contribution in [1.82, 2.24) is 4.98 Å². The van der Waals surface area contributed by atoms with Crippen LogP contribution >= 0.6 is 35.4 Å². The smallest absolute Gasteiger partial charge is 0.402 e. The lowest BCUT2D eigenvalue weighted by Crippen LogP contribution is -2.37. The number of aromatic amines is 1. The van der Waals surface area contributed by atoms with Crippen LogP contribution in [-0.4, -0.2) is 48.7 Å². The van der Waals surface area contributed by atoms with Gasteiger partial charge in [-0.2, -0.15) is 0 Å². The molecule has 1 atom stereocenters. The monoisotopic (exact) mass is 411 g/mol. The number of nitrogens with zero attached hydrogens (tertiary/aromatic N) is 1. The van der Waals surface area contributed by atoms with Gasteiger partial charge < -0.3 is 14.0 Å². The Balaban J connectivity index is 2.16. The van der Waals surface area contributed by atoms with Crippen LogP contribution in [0.25, 0.3) is 10.9 Å². The molecule has 0 saturated carbocycles. The fraction of sp³-hybridized carbons (Fsp3) is 0.385. The summed E-state index contributed by atoms with van der Waals surface area (Å²) in [5, 5.41) is 0.931. The van der Waals surface area contributed by atoms with Gasteiger partial charge in [0.25, 0.3) is 0 Å². The fourth-order valence-electron chi connectivity index (χ4n) is 1.78. The highest BCUT2D eigenvalue weighted by Gasteiger charge is 2.26. The molecule has 0 fully saturated rings. The number of halogens is 2. The SMILES string of the molecule is C[N+](C)(C)CCOP(=O)(O)Oc1c[nH]c2ccc(Br)c(Cl)c12. The average Bonchev–Trinajstić information content (AvgIpc) is 2.75. The number of phosphoric acid groups is 1. The molecule has 0 saturated heterocycles. The van der Waals surface area contributed by atoms with E-state index in [4.69, 9.17) is 20.6 Å². The number of likely N-dealkylation sites (N-methyl/N-ethyl adjacent to an activating group) is 1. The molecule has 0 radical (unpaired) electrons. The van der Waals surface area contributed by atoms with Crippen molar-refractivity contribution < 1.29 is 23.0 Å². The van der Waals surface area contributed by atoms with Crippen LogP contribution in [0.15, 0.2) is 22.8 Å². The number of nitrogens with one attached hydrogen (secondary N) is 1. The van der Waals surface area contributed by atoms with Crippen molar-refractivity contribution in [2.45, 2.75) is 0 Å². The number of hydrogen-bond acceptors (Lipinski definition) is 3. The van der Waals surface area contributed by atoms with E-state index >= 15 is 0 Å². The van der Waals surface area contributed by atoms with E-state index in [1.165, 1.54) is 6.20 Å². The molecule has 0 aliphatic heterocycles. The number of rotatable bonds is 6. The van der Waals surface area contributed by atoms with Gasteiger partial charge >= 0.3 is 7.82 Å². The first-order valence-electron chi connectivity index (χ1n) is 6.51. The Morgan fingerprint density at radius 2 is 2.09 bits per heavy atom. The Bertz CT molecular complexity index is 729. The van der Waals surface area contributed by atoms with Crippen molar-refractivity contribution in [3.63, 3.8) is 0 Å². The van der Waals surface area contributed by atoms with Gasteiger partial charge in [-0.15, -0.1) is 0 Å². The maximum atomic E-state index is 12.0. The van der Waals surface area contributed by atoms with E-state index in [1.54, 1.807) is 12.1 Å². The number of hydrogen-bond donors (Lipinski definition) is 2. The van der Waals surface area contributed by atoms with Gasteiger partial charge in [0.2, 0.25) is 0 Å². The highest BCUT2D eigenvalue weighted by molar-refractivity contribution is 9.10. The van der Waals surface area contributed by atoms with Gasteiger partial charge in [-0.25, -0.2) is 4.57 Å². The summed E-state index contributed by atoms with van der Waals surface area (Å²) < 4.78 is 23.5. The first-order chi connectivity index (χ1) is 10.1. The number of benzene rings is 1. The lowest BCUT2D eigenvalue weighted by molar-refractivity contribution is -0.870. The van der Waals surface area contributed by atoms with Crippen LogP contribution in [0.1, 0.15) is 0 Å². The van der Waals surface area contributed by atoms with Gasteiger partial charge in [0, 0.05) is 10.7 Å². The molecule has 0 bridgehead atoms. The molecule has 1 unspecified atom stereocenters. The van der Waals surface area contributed by atoms with Crippen LogP contribution in [0.3, 0.4) is 0 Å². The van der Waals surface area contributed by atoms with Gasteiger partial charge in [-0.1, -0.05) is 11.6 Å². The summed E-state index contributed by atoms with van der Waals surface area (Å²) in [7, 11) is 1.67. The molecule has 6 nitrogen and oxygen atoms in total. The fourth-order valence-corrected chi connectivity index (χ4v) is 3.13. The molecule has 2 N–H and O–H groups in total. The molecule has 0 amide bonds. The van der Waals surface area contributed by atoms with Crippen LogP contribution in [-0.2, 0) is 9.09 Å². The molecular formula is C13H18BrClN2O4P+. The first kappa shape index (κ1) is 17.8. The Kier molecular flexibility index (Phi) is 5.27. The second-order valence-electron chi connectivity index (χ2n) is 5.84. The van der Waals surface area contributed by atoms with E-state index in [0.717, 1.165) is 0 Å². The molecule has 22 heavy (non-hydrogen) atoms. The maximum Gasteiger partial charge on any atom is 0.527 e. The van der Waals surface area contributed by atoms with E-state index in [0.29, 0.717) is 31.4 Å². The standard InChI is InChI=1S/C13H17BrClN2O4P/c1-17(2,3)6-7-20-22(18,19)21-11-8-16-10-5-4-9(14)13(15)12(10)11/h4-5,8,16H,6-7H2,1-3H3/p+1. The Labute approximate surface area is 142 Å². The van der Waals surface area contributed by atoms with Gasteiger partial charge in [-0.05, 0) is 28.1 Å². The zero-order valence-corrected chi connectivity index (χ0v) is 15.7. The summed E-state index contributed by atoms with van der Waals surface area (Å²) in [4.78, 5) is 12.8. The van der Waals surface area contributed by atoms with Crippen LogP contribution in [0.4, 0.5) is 0 Å². The van der Waals surface area contributed by atoms with E-state index in [-0.39, 0.29) is 12.4 Å². The molecular weight excluding hydrogens is 394 g/mol. The second kappa shape index (κ2) is 6.51. The third-order valence-electron chi connectivity index (χ3n) is 2.93. The molecule has 9 heteroatoms. The normalized spacial score (nSPS) is 15.0. The molecule has 0 spiro atoms. The minimum absolute atomic E-state index is 0.108. The molecule has 1 aromatic heterocycles. The Morgan fingerprint density at radius 3 is 2.73 bits per heavy atom. The maximum absolute atomic E-state index is 12.0. The number of quaternary nitrogens is 1. The lowest BCUT2D eigenvalue weighted by Gasteiger charge is -2.24. The van der Waals surface area contributed by atoms with Crippen LogP contribution in [0.2, 0.25) is 5.02 Å². The molecule has 1 heterocycles. The van der Waals surface area contributed by atoms with Gasteiger partial charge in [0.05, 0.1) is 37.1 Å². The Morgan fingerprint density at radius 1 is 1.41 bits per heavy atom. The second-order valence-corrected chi connectivity index (χ2v) is 8.45. The van der Waals surface area contributed by atoms with Crippen molar-refractivity contribution in [1.29, 1.82) is 0 Å². The quantitative estimate of drug-likeness (QED) is 0.559. The van der Waals surface area contributed by atoms with E-state index in [2.05, 4.69) is 20.9 Å². The average molecular weight is 413 g/mol. The molecule has 2 rings (SSSR count).